The average Bonchev–Trinajstić information content (AvgIpc) is 3.17. The molecule has 138 valence electrons. The lowest BCUT2D eigenvalue weighted by Crippen LogP contribution is -2.34. The number of hydrogen-bond donors (Lipinski definition) is 1. The number of halogens is 3. The monoisotopic (exact) mass is 405 g/mol. The topological polar surface area (TPSA) is 59.2 Å². The molecule has 0 saturated carbocycles. The molecule has 4 nitrogen and oxygen atoms in total. The quantitative estimate of drug-likeness (QED) is 0.845. The highest BCUT2D eigenvalue weighted by Crippen LogP contribution is 2.29. The number of benzene rings is 1. The van der Waals surface area contributed by atoms with E-state index in [0.29, 0.717) is 37.3 Å². The van der Waals surface area contributed by atoms with Crippen LogP contribution >= 0.6 is 36.2 Å². The van der Waals surface area contributed by atoms with Gasteiger partial charge in [0, 0.05) is 24.9 Å². The molecule has 1 atom stereocenters. The Hall–Kier alpha value is -1.21. The van der Waals surface area contributed by atoms with Crippen LogP contribution in [0.15, 0.2) is 29.6 Å². The Balaban J connectivity index is 0.00000156. The van der Waals surface area contributed by atoms with E-state index >= 15 is 0 Å². The van der Waals surface area contributed by atoms with Crippen molar-refractivity contribution in [3.63, 3.8) is 0 Å². The Bertz CT molecular complexity index is 727. The summed E-state index contributed by atoms with van der Waals surface area (Å²) < 4.78 is 13.7. The molecule has 8 heteroatoms. The van der Waals surface area contributed by atoms with Gasteiger partial charge in [0.25, 0.3) is 5.91 Å². The maximum absolute atomic E-state index is 13.7. The molecular weight excluding hydrogens is 384 g/mol. The highest BCUT2D eigenvalue weighted by Gasteiger charge is 2.35. The summed E-state index contributed by atoms with van der Waals surface area (Å²) in [6, 6.07) is 6.64. The highest BCUT2D eigenvalue weighted by molar-refractivity contribution is 7.09. The molecular formula is C17H22Cl2FN3OS. The first-order valence-electron chi connectivity index (χ1n) is 7.68. The predicted molar refractivity (Wildman–Crippen MR) is 103 cm³/mol. The summed E-state index contributed by atoms with van der Waals surface area (Å²) in [4.78, 5) is 18.7. The average molecular weight is 406 g/mol. The number of hydrogen-bond acceptors (Lipinski definition) is 4. The summed E-state index contributed by atoms with van der Waals surface area (Å²) >= 11 is 1.40. The van der Waals surface area contributed by atoms with Gasteiger partial charge in [-0.25, -0.2) is 9.37 Å². The van der Waals surface area contributed by atoms with Crippen molar-refractivity contribution in [1.29, 1.82) is 0 Å². The standard InChI is InChI=1S/C17H20FN3OS.2ClH/c1-17(10-19)6-7-21(11-17)16(22)14-9-23-15(20-14)8-12-4-2-3-5-13(12)18;;/h2-5,9H,6-8,10-11,19H2,1H3;2*1H. The maximum atomic E-state index is 13.7. The number of carbonyl (C=O) groups is 1. The van der Waals surface area contributed by atoms with Gasteiger partial charge in [-0.15, -0.1) is 36.2 Å². The zero-order valence-corrected chi connectivity index (χ0v) is 16.4. The van der Waals surface area contributed by atoms with Crippen molar-refractivity contribution in [2.75, 3.05) is 19.6 Å². The van der Waals surface area contributed by atoms with Crippen LogP contribution < -0.4 is 5.73 Å². The first-order valence-corrected chi connectivity index (χ1v) is 8.56. The molecule has 1 unspecified atom stereocenters. The molecule has 1 amide bonds. The van der Waals surface area contributed by atoms with Crippen LogP contribution in [0.3, 0.4) is 0 Å². The van der Waals surface area contributed by atoms with Gasteiger partial charge in [-0.1, -0.05) is 25.1 Å². The van der Waals surface area contributed by atoms with Gasteiger partial charge in [-0.2, -0.15) is 0 Å². The van der Waals surface area contributed by atoms with E-state index in [2.05, 4.69) is 11.9 Å². The summed E-state index contributed by atoms with van der Waals surface area (Å²) in [5.41, 5.74) is 6.83. The van der Waals surface area contributed by atoms with Gasteiger partial charge >= 0.3 is 0 Å². The van der Waals surface area contributed by atoms with Gasteiger partial charge in [0.05, 0.1) is 5.01 Å². The molecule has 1 aromatic heterocycles. The van der Waals surface area contributed by atoms with Gasteiger partial charge < -0.3 is 10.6 Å². The SMILES string of the molecule is CC1(CN)CCN(C(=O)c2csc(Cc3ccccc3F)n2)C1.Cl.Cl. The second kappa shape index (κ2) is 8.94. The van der Waals surface area contributed by atoms with Crippen LogP contribution in [0.2, 0.25) is 0 Å². The zero-order chi connectivity index (χ0) is 16.4. The number of carbonyl (C=O) groups excluding carboxylic acids is 1. The van der Waals surface area contributed by atoms with E-state index in [4.69, 9.17) is 5.73 Å². The van der Waals surface area contributed by atoms with Crippen molar-refractivity contribution in [3.05, 3.63) is 51.7 Å². The van der Waals surface area contributed by atoms with Crippen molar-refractivity contribution >= 4 is 42.1 Å². The van der Waals surface area contributed by atoms with E-state index in [9.17, 15) is 9.18 Å². The van der Waals surface area contributed by atoms with Crippen LogP contribution in [0.5, 0.6) is 0 Å². The first-order chi connectivity index (χ1) is 11.0. The lowest BCUT2D eigenvalue weighted by atomic mass is 9.90. The van der Waals surface area contributed by atoms with Crippen LogP contribution in [-0.2, 0) is 6.42 Å². The Morgan fingerprint density at radius 3 is 2.76 bits per heavy atom. The number of thiazole rings is 1. The van der Waals surface area contributed by atoms with Crippen molar-refractivity contribution in [1.82, 2.24) is 9.88 Å². The van der Waals surface area contributed by atoms with E-state index in [1.54, 1.807) is 23.6 Å². The molecule has 0 radical (unpaired) electrons. The summed E-state index contributed by atoms with van der Waals surface area (Å²) in [5, 5.41) is 2.51. The summed E-state index contributed by atoms with van der Waals surface area (Å²) in [5.74, 6) is -0.299. The lowest BCUT2D eigenvalue weighted by molar-refractivity contribution is 0.0771. The third kappa shape index (κ3) is 4.91. The van der Waals surface area contributed by atoms with Gasteiger partial charge in [-0.05, 0) is 30.0 Å². The number of likely N-dealkylation sites (tertiary alicyclic amines) is 1. The van der Waals surface area contributed by atoms with E-state index in [1.165, 1.54) is 17.4 Å². The molecule has 1 aliphatic heterocycles. The second-order valence-corrected chi connectivity index (χ2v) is 7.33. The highest BCUT2D eigenvalue weighted by atomic mass is 35.5. The van der Waals surface area contributed by atoms with Crippen LogP contribution in [-0.4, -0.2) is 35.4 Å². The molecule has 1 aromatic carbocycles. The fourth-order valence-corrected chi connectivity index (χ4v) is 3.61. The maximum Gasteiger partial charge on any atom is 0.273 e. The third-order valence-corrected chi connectivity index (χ3v) is 5.26. The Labute approximate surface area is 163 Å². The fraction of sp³-hybridized carbons (Fsp3) is 0.412. The van der Waals surface area contributed by atoms with E-state index in [-0.39, 0.29) is 42.0 Å². The molecule has 1 saturated heterocycles. The zero-order valence-electron chi connectivity index (χ0n) is 13.9. The molecule has 0 aliphatic carbocycles. The predicted octanol–water partition coefficient (Wildman–Crippen LogP) is 3.53. The van der Waals surface area contributed by atoms with Crippen LogP contribution in [0, 0.1) is 11.2 Å². The van der Waals surface area contributed by atoms with Gasteiger partial charge in [0.2, 0.25) is 0 Å². The van der Waals surface area contributed by atoms with Crippen molar-refractivity contribution in [2.24, 2.45) is 11.1 Å². The molecule has 3 rings (SSSR count). The van der Waals surface area contributed by atoms with Crippen molar-refractivity contribution in [3.8, 4) is 0 Å². The van der Waals surface area contributed by atoms with E-state index < -0.39 is 0 Å². The Morgan fingerprint density at radius 1 is 1.40 bits per heavy atom. The van der Waals surface area contributed by atoms with Crippen LogP contribution in [0.4, 0.5) is 4.39 Å². The summed E-state index contributed by atoms with van der Waals surface area (Å²) in [6.45, 7) is 4.06. The molecule has 0 bridgehead atoms. The first kappa shape index (κ1) is 21.8. The van der Waals surface area contributed by atoms with E-state index in [1.807, 2.05) is 4.90 Å². The summed E-state index contributed by atoms with van der Waals surface area (Å²) in [7, 11) is 0. The van der Waals surface area contributed by atoms with E-state index in [0.717, 1.165) is 11.4 Å². The van der Waals surface area contributed by atoms with Gasteiger partial charge in [-0.3, -0.25) is 4.79 Å². The van der Waals surface area contributed by atoms with Crippen molar-refractivity contribution in [2.45, 2.75) is 19.8 Å². The molecule has 25 heavy (non-hydrogen) atoms. The molecule has 1 aliphatic rings. The largest absolute Gasteiger partial charge is 0.337 e. The molecule has 1 fully saturated rings. The van der Waals surface area contributed by atoms with Gasteiger partial charge in [0.1, 0.15) is 11.5 Å². The molecule has 0 spiro atoms. The Kier molecular flexibility index (Phi) is 7.81. The minimum Gasteiger partial charge on any atom is -0.337 e. The normalized spacial score (nSPS) is 19.2. The number of aromatic nitrogens is 1. The number of nitrogens with two attached hydrogens (primary N) is 1. The second-order valence-electron chi connectivity index (χ2n) is 6.39. The Morgan fingerprint density at radius 2 is 2.12 bits per heavy atom. The lowest BCUT2D eigenvalue weighted by Gasteiger charge is -2.22. The number of amides is 1. The molecule has 2 N–H and O–H groups in total. The third-order valence-electron chi connectivity index (χ3n) is 4.41. The fourth-order valence-electron chi connectivity index (χ4n) is 2.82. The summed E-state index contributed by atoms with van der Waals surface area (Å²) in [6.07, 6.45) is 1.33. The number of nitrogens with zero attached hydrogens (tertiary/aromatic N) is 2. The molecule has 2 aromatic rings. The van der Waals surface area contributed by atoms with Gasteiger partial charge in [0.15, 0.2) is 0 Å². The minimum absolute atomic E-state index is 0. The van der Waals surface area contributed by atoms with Crippen molar-refractivity contribution < 1.29 is 9.18 Å². The molecule has 2 heterocycles. The minimum atomic E-state index is -0.242. The van der Waals surface area contributed by atoms with Crippen LogP contribution in [0.1, 0.15) is 34.4 Å². The smallest absolute Gasteiger partial charge is 0.273 e. The van der Waals surface area contributed by atoms with Crippen LogP contribution in [0.25, 0.3) is 0 Å². The number of rotatable bonds is 4.